The first-order chi connectivity index (χ1) is 14.3. The third-order valence-electron chi connectivity index (χ3n) is 5.66. The minimum absolute atomic E-state index is 0.0779. The highest BCUT2D eigenvalue weighted by atomic mass is 16.3. The first-order valence-corrected chi connectivity index (χ1v) is 11.9. The molecule has 0 fully saturated rings. The van der Waals surface area contributed by atoms with Gasteiger partial charge in [0.15, 0.2) is 0 Å². The Balaban J connectivity index is 1.48. The van der Waals surface area contributed by atoms with Crippen LogP contribution in [0.1, 0.15) is 89.5 Å². The molecule has 0 heterocycles. The number of anilines is 2. The highest BCUT2D eigenvalue weighted by Crippen LogP contribution is 2.18. The number of aliphatic hydroxyl groups excluding tert-OH is 1. The van der Waals surface area contributed by atoms with E-state index in [1.165, 1.54) is 63.4 Å². The molecule has 2 rings (SSSR count). The Kier molecular flexibility index (Phi) is 12.2. The van der Waals surface area contributed by atoms with Gasteiger partial charge in [0.2, 0.25) is 0 Å². The van der Waals surface area contributed by atoms with E-state index in [0.29, 0.717) is 0 Å². The van der Waals surface area contributed by atoms with Crippen LogP contribution >= 0.6 is 0 Å². The summed E-state index contributed by atoms with van der Waals surface area (Å²) in [5.74, 6) is 0. The van der Waals surface area contributed by atoms with Gasteiger partial charge in [0.1, 0.15) is 0 Å². The molecule has 0 radical (unpaired) electrons. The fourth-order valence-electron chi connectivity index (χ4n) is 3.81. The van der Waals surface area contributed by atoms with Gasteiger partial charge in [-0.2, -0.15) is 0 Å². The number of rotatable bonds is 16. The van der Waals surface area contributed by atoms with Gasteiger partial charge in [-0.1, -0.05) is 95.0 Å². The van der Waals surface area contributed by atoms with E-state index in [4.69, 9.17) is 0 Å². The molecule has 1 atom stereocenters. The van der Waals surface area contributed by atoms with Gasteiger partial charge in [0.25, 0.3) is 0 Å². The Hall–Kier alpha value is -1.80. The average molecular weight is 396 g/mol. The van der Waals surface area contributed by atoms with Crippen molar-refractivity contribution >= 4 is 11.4 Å². The molecule has 0 aromatic heterocycles. The smallest absolute Gasteiger partial charge is 0.0540 e. The lowest BCUT2D eigenvalue weighted by Gasteiger charge is -2.10. The summed E-state index contributed by atoms with van der Waals surface area (Å²) in [5.41, 5.74) is 3.67. The van der Waals surface area contributed by atoms with Crippen LogP contribution in [0.25, 0.3) is 0 Å². The van der Waals surface area contributed by atoms with E-state index in [2.05, 4.69) is 48.6 Å². The van der Waals surface area contributed by atoms with Crippen molar-refractivity contribution in [2.75, 3.05) is 5.32 Å². The van der Waals surface area contributed by atoms with Crippen LogP contribution in [-0.4, -0.2) is 11.2 Å². The van der Waals surface area contributed by atoms with Gasteiger partial charge in [-0.25, -0.2) is 0 Å². The van der Waals surface area contributed by atoms with E-state index in [1.807, 2.05) is 18.2 Å². The summed E-state index contributed by atoms with van der Waals surface area (Å²) in [6.07, 6.45) is 15.8. The quantitative estimate of drug-likeness (QED) is 0.282. The van der Waals surface area contributed by atoms with Crippen molar-refractivity contribution in [3.8, 4) is 0 Å². The first-order valence-electron chi connectivity index (χ1n) is 11.9. The summed E-state index contributed by atoms with van der Waals surface area (Å²) in [4.78, 5) is 0. The number of hydrogen-bond donors (Lipinski definition) is 2. The molecule has 0 bridgehead atoms. The van der Waals surface area contributed by atoms with Gasteiger partial charge in [0.05, 0.1) is 6.10 Å². The molecule has 2 N–H and O–H groups in total. The molecule has 0 aliphatic carbocycles. The fraction of sp³-hybridized carbons (Fsp3) is 0.556. The molecule has 0 aliphatic heterocycles. The van der Waals surface area contributed by atoms with Crippen molar-refractivity contribution < 1.29 is 5.11 Å². The van der Waals surface area contributed by atoms with Crippen molar-refractivity contribution in [1.82, 2.24) is 0 Å². The van der Waals surface area contributed by atoms with Crippen LogP contribution < -0.4 is 5.32 Å². The second-order valence-electron chi connectivity index (χ2n) is 8.35. The van der Waals surface area contributed by atoms with Crippen LogP contribution in [0.4, 0.5) is 11.4 Å². The highest BCUT2D eigenvalue weighted by Gasteiger charge is 2.04. The van der Waals surface area contributed by atoms with Gasteiger partial charge < -0.3 is 10.4 Å². The lowest BCUT2D eigenvalue weighted by atomic mass is 10.0. The summed E-state index contributed by atoms with van der Waals surface area (Å²) in [6.45, 7) is 2.25. The maximum Gasteiger partial charge on any atom is 0.0540 e. The summed E-state index contributed by atoms with van der Waals surface area (Å²) in [6, 6.07) is 19.1. The molecule has 0 saturated carbocycles. The number of aryl methyl sites for hydroxylation is 1. The topological polar surface area (TPSA) is 32.3 Å². The van der Waals surface area contributed by atoms with E-state index in [9.17, 15) is 5.11 Å². The second kappa shape index (κ2) is 15.1. The summed E-state index contributed by atoms with van der Waals surface area (Å²) >= 11 is 0. The molecule has 0 aliphatic rings. The summed E-state index contributed by atoms with van der Waals surface area (Å²) in [5, 5.41) is 13.5. The van der Waals surface area contributed by atoms with E-state index in [1.54, 1.807) is 0 Å². The van der Waals surface area contributed by atoms with Crippen molar-refractivity contribution in [1.29, 1.82) is 0 Å². The molecule has 2 heteroatoms. The molecular weight excluding hydrogens is 354 g/mol. The Bertz CT molecular complexity index is 623. The maximum absolute atomic E-state index is 10.1. The standard InChI is InChI=1S/C27H41NO/c1-2-3-4-5-6-13-18-27(29)19-14-8-7-10-15-24-20-22-26(23-21-24)28-25-16-11-9-12-17-25/h9,11-12,16-17,20-23,27-29H,2-8,10,13-15,18-19H2,1H3. The molecule has 0 saturated heterocycles. The predicted octanol–water partition coefficient (Wildman–Crippen LogP) is 8.03. The number of nitrogens with one attached hydrogen (secondary N) is 1. The Morgan fingerprint density at radius 1 is 0.655 bits per heavy atom. The molecule has 0 spiro atoms. The number of unbranched alkanes of at least 4 members (excludes halogenated alkanes) is 8. The summed E-state index contributed by atoms with van der Waals surface area (Å²) in [7, 11) is 0. The molecule has 160 valence electrons. The number of para-hydroxylation sites is 1. The van der Waals surface area contributed by atoms with E-state index >= 15 is 0 Å². The minimum atomic E-state index is -0.0779. The normalized spacial score (nSPS) is 12.1. The van der Waals surface area contributed by atoms with Gasteiger partial charge >= 0.3 is 0 Å². The van der Waals surface area contributed by atoms with E-state index in [0.717, 1.165) is 37.1 Å². The van der Waals surface area contributed by atoms with Crippen LogP contribution in [-0.2, 0) is 6.42 Å². The Labute approximate surface area is 178 Å². The van der Waals surface area contributed by atoms with Gasteiger partial charge in [-0.05, 0) is 55.5 Å². The van der Waals surface area contributed by atoms with Gasteiger partial charge in [-0.15, -0.1) is 0 Å². The molecule has 2 aromatic carbocycles. The van der Waals surface area contributed by atoms with Crippen molar-refractivity contribution in [3.05, 3.63) is 60.2 Å². The third-order valence-corrected chi connectivity index (χ3v) is 5.66. The number of benzene rings is 2. The monoisotopic (exact) mass is 395 g/mol. The van der Waals surface area contributed by atoms with Crippen molar-refractivity contribution in [2.45, 2.75) is 96.5 Å². The Morgan fingerprint density at radius 3 is 1.86 bits per heavy atom. The van der Waals surface area contributed by atoms with Gasteiger partial charge in [-0.3, -0.25) is 0 Å². The number of hydrogen-bond acceptors (Lipinski definition) is 2. The molecule has 1 unspecified atom stereocenters. The van der Waals surface area contributed by atoms with Crippen LogP contribution in [0.5, 0.6) is 0 Å². The van der Waals surface area contributed by atoms with E-state index in [-0.39, 0.29) is 6.10 Å². The lowest BCUT2D eigenvalue weighted by Crippen LogP contribution is -2.05. The lowest BCUT2D eigenvalue weighted by molar-refractivity contribution is 0.147. The maximum atomic E-state index is 10.1. The number of aliphatic hydroxyl groups is 1. The van der Waals surface area contributed by atoms with Crippen LogP contribution in [0.2, 0.25) is 0 Å². The zero-order chi connectivity index (χ0) is 20.6. The van der Waals surface area contributed by atoms with Crippen molar-refractivity contribution in [3.63, 3.8) is 0 Å². The van der Waals surface area contributed by atoms with Crippen LogP contribution in [0.15, 0.2) is 54.6 Å². The molecule has 0 amide bonds. The molecule has 29 heavy (non-hydrogen) atoms. The Morgan fingerprint density at radius 2 is 1.21 bits per heavy atom. The summed E-state index contributed by atoms with van der Waals surface area (Å²) < 4.78 is 0. The fourth-order valence-corrected chi connectivity index (χ4v) is 3.81. The SMILES string of the molecule is CCCCCCCCC(O)CCCCCCc1ccc(Nc2ccccc2)cc1. The zero-order valence-electron chi connectivity index (χ0n) is 18.4. The highest BCUT2D eigenvalue weighted by molar-refractivity contribution is 5.59. The third kappa shape index (κ3) is 11.1. The second-order valence-corrected chi connectivity index (χ2v) is 8.35. The molecular formula is C27H41NO. The van der Waals surface area contributed by atoms with Crippen LogP contribution in [0, 0.1) is 0 Å². The van der Waals surface area contributed by atoms with Gasteiger partial charge in [0, 0.05) is 11.4 Å². The largest absolute Gasteiger partial charge is 0.393 e. The van der Waals surface area contributed by atoms with E-state index < -0.39 is 0 Å². The average Bonchev–Trinajstić information content (AvgIpc) is 2.75. The molecule has 2 aromatic rings. The first kappa shape index (κ1) is 23.5. The minimum Gasteiger partial charge on any atom is -0.393 e. The van der Waals surface area contributed by atoms with Crippen molar-refractivity contribution in [2.24, 2.45) is 0 Å². The predicted molar refractivity (Wildman–Crippen MR) is 127 cm³/mol. The van der Waals surface area contributed by atoms with Crippen LogP contribution in [0.3, 0.4) is 0 Å². The molecule has 2 nitrogen and oxygen atoms in total. The zero-order valence-corrected chi connectivity index (χ0v) is 18.4.